The number of hydrogen-bond acceptors (Lipinski definition) is 4. The van der Waals surface area contributed by atoms with Crippen LogP contribution >= 0.6 is 34.8 Å². The lowest BCUT2D eigenvalue weighted by Gasteiger charge is -2.31. The van der Waals surface area contributed by atoms with Crippen LogP contribution in [0.25, 0.3) is 0 Å². The molecule has 1 atom stereocenters. The molecule has 6 nitrogen and oxygen atoms in total. The first-order valence-corrected chi connectivity index (χ1v) is 10.5. The van der Waals surface area contributed by atoms with Gasteiger partial charge in [0.05, 0.1) is 12.3 Å². The quantitative estimate of drug-likeness (QED) is 0.324. The molecule has 0 radical (unpaired) electrons. The molecule has 2 aromatic rings. The molecule has 1 aliphatic heterocycles. The molecule has 11 heteroatoms. The largest absolute Gasteiger partial charge is 0.465 e. The van der Waals surface area contributed by atoms with Crippen LogP contribution in [0.15, 0.2) is 46.5 Å². The summed E-state index contributed by atoms with van der Waals surface area (Å²) in [6.07, 6.45) is -0.359. The number of ether oxygens (including phenoxy) is 1. The Bertz CT molecular complexity index is 1100. The Balaban J connectivity index is 1.93. The van der Waals surface area contributed by atoms with Crippen molar-refractivity contribution >= 4 is 52.4 Å². The number of carbonyl (C=O) groups excluding carboxylic acids is 1. The molecule has 2 N–H and O–H groups in total. The van der Waals surface area contributed by atoms with Gasteiger partial charge < -0.3 is 15.3 Å². The number of amidine groups is 1. The average molecular weight is 505 g/mol. The van der Waals surface area contributed by atoms with Crippen molar-refractivity contribution in [2.45, 2.75) is 31.3 Å². The molecule has 0 aromatic heterocycles. The van der Waals surface area contributed by atoms with Gasteiger partial charge in [0.1, 0.15) is 0 Å². The van der Waals surface area contributed by atoms with Crippen molar-refractivity contribution in [3.8, 4) is 0 Å². The van der Waals surface area contributed by atoms with Crippen LogP contribution in [0.2, 0.25) is 10.0 Å². The number of nitrogens with zero attached hydrogens (tertiary/aromatic N) is 2. The molecular formula is C21H18Cl3F2N3O3. The van der Waals surface area contributed by atoms with Gasteiger partial charge in [-0.15, -0.1) is 0 Å². The van der Waals surface area contributed by atoms with Crippen molar-refractivity contribution in [3.63, 3.8) is 0 Å². The summed E-state index contributed by atoms with van der Waals surface area (Å²) in [5.41, 5.74) is 4.67. The lowest BCUT2D eigenvalue weighted by Crippen LogP contribution is -2.42. The highest BCUT2D eigenvalue weighted by Gasteiger charge is 2.60. The number of halogens is 5. The second-order valence-corrected chi connectivity index (χ2v) is 8.35. The number of amides is 1. The van der Waals surface area contributed by atoms with Gasteiger partial charge in [0, 0.05) is 27.6 Å². The molecule has 1 heterocycles. The number of carbonyl (C=O) groups is 1. The summed E-state index contributed by atoms with van der Waals surface area (Å²) in [6, 6.07) is 8.41. The van der Waals surface area contributed by atoms with Gasteiger partial charge in [-0.25, -0.2) is 0 Å². The van der Waals surface area contributed by atoms with Gasteiger partial charge in [0.25, 0.3) is 11.9 Å². The van der Waals surface area contributed by atoms with E-state index in [1.807, 2.05) is 0 Å². The van der Waals surface area contributed by atoms with Gasteiger partial charge in [0.2, 0.25) is 5.60 Å². The van der Waals surface area contributed by atoms with E-state index in [1.165, 1.54) is 24.3 Å². The third kappa shape index (κ3) is 4.82. The van der Waals surface area contributed by atoms with Crippen molar-refractivity contribution in [3.05, 3.63) is 68.7 Å². The molecule has 32 heavy (non-hydrogen) atoms. The fraction of sp³-hybridized carbons (Fsp3) is 0.286. The summed E-state index contributed by atoms with van der Waals surface area (Å²) in [4.78, 5) is 21.2. The van der Waals surface area contributed by atoms with E-state index in [0.717, 1.165) is 0 Å². The second kappa shape index (κ2) is 9.21. The van der Waals surface area contributed by atoms with Crippen molar-refractivity contribution in [2.24, 2.45) is 15.9 Å². The van der Waals surface area contributed by atoms with Crippen LogP contribution in [0.1, 0.15) is 40.4 Å². The smallest absolute Gasteiger partial charge is 0.367 e. The number of aliphatic imine (C=N–C) groups is 1. The van der Waals surface area contributed by atoms with Crippen LogP contribution in [0, 0.1) is 6.92 Å². The SMILES string of the molecule is CCO/C(N)=N\C(=O)c1ccc(C2=NOC(c3cc(Cl)cc(Cl)c3)(C(F)(F)Cl)C2)cc1C. The molecule has 1 unspecified atom stereocenters. The van der Waals surface area contributed by atoms with E-state index >= 15 is 0 Å². The highest BCUT2D eigenvalue weighted by Crippen LogP contribution is 2.51. The van der Waals surface area contributed by atoms with Crippen LogP contribution < -0.4 is 5.73 Å². The van der Waals surface area contributed by atoms with E-state index in [0.29, 0.717) is 11.1 Å². The summed E-state index contributed by atoms with van der Waals surface area (Å²) in [5.74, 6) is -0.597. The summed E-state index contributed by atoms with van der Waals surface area (Å²) in [5, 5.41) is 0.330. The lowest BCUT2D eigenvalue weighted by molar-refractivity contribution is -0.155. The Morgan fingerprint density at radius 2 is 1.94 bits per heavy atom. The van der Waals surface area contributed by atoms with Gasteiger partial charge in [-0.2, -0.15) is 13.8 Å². The Labute approximate surface area is 197 Å². The molecule has 0 spiro atoms. The predicted molar refractivity (Wildman–Crippen MR) is 120 cm³/mol. The molecule has 1 amide bonds. The second-order valence-electron chi connectivity index (χ2n) is 7.01. The van der Waals surface area contributed by atoms with E-state index in [4.69, 9.17) is 50.1 Å². The zero-order chi connectivity index (χ0) is 23.7. The fourth-order valence-corrected chi connectivity index (χ4v) is 4.01. The molecule has 0 saturated carbocycles. The number of nitrogens with two attached hydrogens (primary N) is 1. The van der Waals surface area contributed by atoms with Crippen LogP contribution in [-0.2, 0) is 15.2 Å². The maximum Gasteiger partial charge on any atom is 0.367 e. The Hall–Kier alpha value is -2.42. The Morgan fingerprint density at radius 3 is 2.50 bits per heavy atom. The number of rotatable bonds is 5. The average Bonchev–Trinajstić information content (AvgIpc) is 3.14. The zero-order valence-corrected chi connectivity index (χ0v) is 19.2. The summed E-state index contributed by atoms with van der Waals surface area (Å²) in [6.45, 7) is 3.64. The first kappa shape index (κ1) is 24.2. The van der Waals surface area contributed by atoms with Gasteiger partial charge in [-0.05, 0) is 66.9 Å². The topological polar surface area (TPSA) is 86.3 Å². The molecule has 0 aliphatic carbocycles. The number of hydrogen-bond donors (Lipinski definition) is 1. The van der Waals surface area contributed by atoms with Crippen molar-refractivity contribution in [1.29, 1.82) is 0 Å². The van der Waals surface area contributed by atoms with E-state index < -0.39 is 16.9 Å². The Kier molecular flexibility index (Phi) is 6.97. The zero-order valence-electron chi connectivity index (χ0n) is 17.0. The molecule has 3 rings (SSSR count). The fourth-order valence-electron chi connectivity index (χ4n) is 3.27. The monoisotopic (exact) mass is 503 g/mol. The van der Waals surface area contributed by atoms with Crippen molar-refractivity contribution in [2.75, 3.05) is 6.61 Å². The van der Waals surface area contributed by atoms with Crippen LogP contribution in [0.5, 0.6) is 0 Å². The van der Waals surface area contributed by atoms with Gasteiger partial charge in [-0.3, -0.25) is 4.79 Å². The van der Waals surface area contributed by atoms with E-state index in [1.54, 1.807) is 26.0 Å². The van der Waals surface area contributed by atoms with E-state index in [-0.39, 0.29) is 45.9 Å². The molecular weight excluding hydrogens is 487 g/mol. The summed E-state index contributed by atoms with van der Waals surface area (Å²) < 4.78 is 34.1. The van der Waals surface area contributed by atoms with E-state index in [2.05, 4.69) is 10.1 Å². The third-order valence-corrected chi connectivity index (χ3v) is 5.55. The van der Waals surface area contributed by atoms with Gasteiger partial charge in [-0.1, -0.05) is 34.4 Å². The molecule has 0 fully saturated rings. The number of benzene rings is 2. The molecule has 0 bridgehead atoms. The molecule has 170 valence electrons. The van der Waals surface area contributed by atoms with Crippen molar-refractivity contribution < 1.29 is 23.1 Å². The lowest BCUT2D eigenvalue weighted by atomic mass is 9.86. The molecule has 2 aromatic carbocycles. The highest BCUT2D eigenvalue weighted by atomic mass is 35.5. The van der Waals surface area contributed by atoms with Gasteiger partial charge in [0.15, 0.2) is 0 Å². The number of oxime groups is 1. The maximum atomic E-state index is 14.6. The van der Waals surface area contributed by atoms with Crippen molar-refractivity contribution in [1.82, 2.24) is 0 Å². The van der Waals surface area contributed by atoms with Gasteiger partial charge >= 0.3 is 5.38 Å². The minimum absolute atomic E-state index is 0.0157. The standard InChI is InChI=1S/C21H18Cl3F2N3O3/c1-3-31-19(27)28-18(30)16-5-4-12(6-11(16)2)17-10-20(32-29-17,21(24,25)26)13-7-14(22)9-15(23)8-13/h4-9H,3,10H2,1-2H3,(H2,27,28,30). The number of alkyl halides is 3. The summed E-state index contributed by atoms with van der Waals surface area (Å²) in [7, 11) is 0. The molecule has 0 saturated heterocycles. The Morgan fingerprint density at radius 1 is 1.28 bits per heavy atom. The maximum absolute atomic E-state index is 14.6. The summed E-state index contributed by atoms with van der Waals surface area (Å²) >= 11 is 17.4. The van der Waals surface area contributed by atoms with Crippen LogP contribution in [0.4, 0.5) is 8.78 Å². The molecule has 1 aliphatic rings. The van der Waals surface area contributed by atoms with Crippen LogP contribution in [-0.4, -0.2) is 29.6 Å². The first-order chi connectivity index (χ1) is 15.0. The minimum atomic E-state index is -3.83. The van der Waals surface area contributed by atoms with Crippen LogP contribution in [0.3, 0.4) is 0 Å². The normalized spacial score (nSPS) is 18.8. The first-order valence-electron chi connectivity index (χ1n) is 9.37. The van der Waals surface area contributed by atoms with E-state index in [9.17, 15) is 13.6 Å². The number of aryl methyl sites for hydroxylation is 1. The predicted octanol–water partition coefficient (Wildman–Crippen LogP) is 5.64. The minimum Gasteiger partial charge on any atom is -0.465 e. The third-order valence-electron chi connectivity index (χ3n) is 4.81. The highest BCUT2D eigenvalue weighted by molar-refractivity contribution is 6.34.